The second-order valence-electron chi connectivity index (χ2n) is 7.53. The van der Waals surface area contributed by atoms with Crippen molar-refractivity contribution in [3.8, 4) is 11.5 Å². The van der Waals surface area contributed by atoms with Crippen LogP contribution in [0.1, 0.15) is 5.56 Å². The fourth-order valence-corrected chi connectivity index (χ4v) is 4.20. The fourth-order valence-electron chi connectivity index (χ4n) is 3.62. The first-order valence-corrected chi connectivity index (χ1v) is 11.6. The van der Waals surface area contributed by atoms with Crippen LogP contribution in [-0.2, 0) is 6.54 Å². The number of hydrogen-bond donors (Lipinski definition) is 0. The number of alkyl halides is 4. The van der Waals surface area contributed by atoms with Crippen molar-refractivity contribution in [1.29, 1.82) is 0 Å². The van der Waals surface area contributed by atoms with Crippen LogP contribution in [0.5, 0.6) is 11.5 Å². The van der Waals surface area contributed by atoms with Gasteiger partial charge in [0.25, 0.3) is 6.35 Å². The van der Waals surface area contributed by atoms with Gasteiger partial charge in [0.05, 0.1) is 6.67 Å². The van der Waals surface area contributed by atoms with Crippen LogP contribution in [0.2, 0.25) is 5.02 Å². The molecule has 0 bridgehead atoms. The molecule has 2 heterocycles. The lowest BCUT2D eigenvalue weighted by Crippen LogP contribution is -2.44. The third-order valence-electron chi connectivity index (χ3n) is 5.02. The van der Waals surface area contributed by atoms with Crippen LogP contribution in [0.3, 0.4) is 0 Å². The van der Waals surface area contributed by atoms with Gasteiger partial charge in [-0.25, -0.2) is 4.99 Å². The molecule has 0 N–H and O–H groups in total. The highest BCUT2D eigenvalue weighted by molar-refractivity contribution is 9.09. The molecule has 0 aromatic heterocycles. The predicted molar refractivity (Wildman–Crippen MR) is 123 cm³/mol. The van der Waals surface area contributed by atoms with E-state index in [1.807, 2.05) is 35.2 Å². The van der Waals surface area contributed by atoms with Crippen molar-refractivity contribution in [3.63, 3.8) is 0 Å². The molecule has 4 rings (SSSR count). The number of ether oxygens (including phenoxy) is 2. The molecule has 0 saturated carbocycles. The molecule has 2 aromatic carbocycles. The maximum atomic E-state index is 12.6. The molecule has 1 unspecified atom stereocenters. The van der Waals surface area contributed by atoms with Gasteiger partial charge in [0.1, 0.15) is 17.2 Å². The van der Waals surface area contributed by atoms with Gasteiger partial charge in [-0.1, -0.05) is 45.7 Å². The molecule has 2 aromatic rings. The highest BCUT2D eigenvalue weighted by Gasteiger charge is 2.37. The first kappa shape index (κ1) is 23.6. The van der Waals surface area contributed by atoms with E-state index >= 15 is 0 Å². The van der Waals surface area contributed by atoms with Crippen LogP contribution >= 0.6 is 27.5 Å². The summed E-state index contributed by atoms with van der Waals surface area (Å²) in [5.41, 5.74) is 1.85. The standard InChI is InChI=1S/C22H21BrClF3N4O2/c1-29-14-30(10-9-23)13-19-20(29)28-21(31(19)12-15-5-7-16(24)8-6-15)32-17-3-2-4-18(11-17)33-22(25,26)27/h2-8,11,13,21H,9-10,12,14H2,1H3. The zero-order valence-electron chi connectivity index (χ0n) is 17.6. The van der Waals surface area contributed by atoms with Crippen molar-refractivity contribution in [1.82, 2.24) is 14.7 Å². The molecular weight excluding hydrogens is 525 g/mol. The van der Waals surface area contributed by atoms with Crippen molar-refractivity contribution in [3.05, 3.63) is 71.0 Å². The minimum Gasteiger partial charge on any atom is -0.450 e. The highest BCUT2D eigenvalue weighted by atomic mass is 79.9. The van der Waals surface area contributed by atoms with Crippen molar-refractivity contribution in [2.45, 2.75) is 19.3 Å². The normalized spacial score (nSPS) is 18.1. The molecule has 11 heteroatoms. The SMILES string of the molecule is CN1CN(CCBr)C=C2C1=NC(Oc1cccc(OC(F)(F)F)c1)N2Cc1ccc(Cl)cc1. The monoisotopic (exact) mass is 544 g/mol. The molecule has 0 saturated heterocycles. The minimum absolute atomic E-state index is 0.214. The molecule has 176 valence electrons. The average Bonchev–Trinajstić information content (AvgIpc) is 3.07. The number of likely N-dealkylation sites (N-methyl/N-ethyl adjacent to an activating group) is 1. The molecule has 1 atom stereocenters. The van der Waals surface area contributed by atoms with Gasteiger partial charge >= 0.3 is 6.36 Å². The number of halogens is 5. The van der Waals surface area contributed by atoms with E-state index in [1.165, 1.54) is 18.2 Å². The summed E-state index contributed by atoms with van der Waals surface area (Å²) in [4.78, 5) is 10.9. The van der Waals surface area contributed by atoms with E-state index < -0.39 is 12.7 Å². The van der Waals surface area contributed by atoms with Crippen molar-refractivity contribution in [2.75, 3.05) is 25.6 Å². The molecule has 0 spiro atoms. The van der Waals surface area contributed by atoms with Crippen molar-refractivity contribution in [2.24, 2.45) is 4.99 Å². The second-order valence-corrected chi connectivity index (χ2v) is 8.76. The van der Waals surface area contributed by atoms with Gasteiger partial charge in [-0.3, -0.25) is 0 Å². The lowest BCUT2D eigenvalue weighted by Gasteiger charge is -2.35. The van der Waals surface area contributed by atoms with Crippen LogP contribution in [0, 0.1) is 0 Å². The van der Waals surface area contributed by atoms with E-state index in [-0.39, 0.29) is 11.5 Å². The van der Waals surface area contributed by atoms with Gasteiger partial charge < -0.3 is 24.2 Å². The third-order valence-corrected chi connectivity index (χ3v) is 5.62. The summed E-state index contributed by atoms with van der Waals surface area (Å²) >= 11 is 9.50. The summed E-state index contributed by atoms with van der Waals surface area (Å²) in [5, 5.41) is 1.44. The van der Waals surface area contributed by atoms with E-state index in [0.29, 0.717) is 18.2 Å². The molecule has 0 radical (unpaired) electrons. The molecular formula is C22H21BrClF3N4O2. The van der Waals surface area contributed by atoms with Crippen LogP contribution in [0.4, 0.5) is 13.2 Å². The first-order chi connectivity index (χ1) is 15.7. The lowest BCUT2D eigenvalue weighted by molar-refractivity contribution is -0.274. The largest absolute Gasteiger partial charge is 0.573 e. The molecule has 2 aliphatic heterocycles. The molecule has 0 fully saturated rings. The summed E-state index contributed by atoms with van der Waals surface area (Å²) in [6, 6.07) is 12.9. The second kappa shape index (κ2) is 9.72. The maximum Gasteiger partial charge on any atom is 0.573 e. The van der Waals surface area contributed by atoms with Crippen LogP contribution in [0.15, 0.2) is 65.4 Å². The maximum absolute atomic E-state index is 12.6. The summed E-state index contributed by atoms with van der Waals surface area (Å²) in [6.45, 7) is 1.93. The molecule has 33 heavy (non-hydrogen) atoms. The smallest absolute Gasteiger partial charge is 0.450 e. The number of fused-ring (bicyclic) bond motifs is 1. The Morgan fingerprint density at radius 2 is 1.88 bits per heavy atom. The summed E-state index contributed by atoms with van der Waals surface area (Å²) in [7, 11) is 1.94. The molecule has 0 amide bonds. The topological polar surface area (TPSA) is 40.5 Å². The van der Waals surface area contributed by atoms with E-state index in [4.69, 9.17) is 21.3 Å². The van der Waals surface area contributed by atoms with Crippen LogP contribution < -0.4 is 9.47 Å². The Morgan fingerprint density at radius 1 is 1.15 bits per heavy atom. The summed E-state index contributed by atoms with van der Waals surface area (Å²) in [5.74, 6) is 0.612. The van der Waals surface area contributed by atoms with Gasteiger partial charge in [0, 0.05) is 42.8 Å². The Morgan fingerprint density at radius 3 is 2.58 bits per heavy atom. The number of amidine groups is 1. The molecule has 0 aliphatic carbocycles. The lowest BCUT2D eigenvalue weighted by atomic mass is 10.2. The van der Waals surface area contributed by atoms with E-state index in [9.17, 15) is 13.2 Å². The quantitative estimate of drug-likeness (QED) is 0.444. The fraction of sp³-hybridized carbons (Fsp3) is 0.318. The van der Waals surface area contributed by atoms with Crippen molar-refractivity contribution < 1.29 is 22.6 Å². The van der Waals surface area contributed by atoms with E-state index in [2.05, 4.69) is 25.6 Å². The molecule has 6 nitrogen and oxygen atoms in total. The minimum atomic E-state index is -4.78. The number of nitrogens with zero attached hydrogens (tertiary/aromatic N) is 4. The first-order valence-electron chi connectivity index (χ1n) is 10.1. The zero-order chi connectivity index (χ0) is 23.6. The van der Waals surface area contributed by atoms with Crippen LogP contribution in [-0.4, -0.2) is 58.8 Å². The predicted octanol–water partition coefficient (Wildman–Crippen LogP) is 5.26. The van der Waals surface area contributed by atoms with Gasteiger partial charge in [-0.15, -0.1) is 13.2 Å². The van der Waals surface area contributed by atoms with Gasteiger partial charge in [0.15, 0.2) is 5.84 Å². The van der Waals surface area contributed by atoms with Gasteiger partial charge in [-0.05, 0) is 29.8 Å². The van der Waals surface area contributed by atoms with Gasteiger partial charge in [0.2, 0.25) is 0 Å². The van der Waals surface area contributed by atoms with Crippen molar-refractivity contribution >= 4 is 33.4 Å². The zero-order valence-corrected chi connectivity index (χ0v) is 19.9. The van der Waals surface area contributed by atoms with E-state index in [0.717, 1.165) is 29.0 Å². The summed E-state index contributed by atoms with van der Waals surface area (Å²) < 4.78 is 48.0. The Kier molecular flexibility index (Phi) is 6.94. The summed E-state index contributed by atoms with van der Waals surface area (Å²) in [6.07, 6.45) is -3.52. The Labute approximate surface area is 203 Å². The number of aliphatic imine (C=N–C) groups is 1. The number of benzene rings is 2. The highest BCUT2D eigenvalue weighted by Crippen LogP contribution is 2.32. The third kappa shape index (κ3) is 5.86. The van der Waals surface area contributed by atoms with Crippen LogP contribution in [0.25, 0.3) is 0 Å². The average molecular weight is 546 g/mol. The Bertz CT molecular complexity index is 1050. The Balaban J connectivity index is 1.63. The Hall–Kier alpha value is -2.59. The molecule has 2 aliphatic rings. The van der Waals surface area contributed by atoms with E-state index in [1.54, 1.807) is 18.2 Å². The van der Waals surface area contributed by atoms with Gasteiger partial charge in [-0.2, -0.15) is 0 Å². The number of rotatable bonds is 7. The number of hydrogen-bond acceptors (Lipinski definition) is 6.